The summed E-state index contributed by atoms with van der Waals surface area (Å²) in [5, 5.41) is 5.30. The molecule has 0 aliphatic heterocycles. The number of carbonyl (C=O) groups excluding carboxylic acids is 1. The van der Waals surface area contributed by atoms with Crippen LogP contribution in [0.25, 0.3) is 11.3 Å². The highest BCUT2D eigenvalue weighted by atomic mass is 32.1. The van der Waals surface area contributed by atoms with Gasteiger partial charge in [0.05, 0.1) is 12.8 Å². The number of benzene rings is 1. The van der Waals surface area contributed by atoms with Gasteiger partial charge in [0.15, 0.2) is 5.13 Å². The van der Waals surface area contributed by atoms with Crippen LogP contribution >= 0.6 is 11.3 Å². The monoisotopic (exact) mass is 305 g/mol. The Morgan fingerprint density at radius 3 is 3.00 bits per heavy atom. The predicted octanol–water partition coefficient (Wildman–Crippen LogP) is 2.80. The van der Waals surface area contributed by atoms with Crippen molar-refractivity contribution in [2.45, 2.75) is 19.8 Å². The molecule has 0 aliphatic rings. The highest BCUT2D eigenvalue weighted by Gasteiger charge is 2.11. The van der Waals surface area contributed by atoms with E-state index in [-0.39, 0.29) is 5.91 Å². The zero-order chi connectivity index (χ0) is 15.2. The predicted molar refractivity (Wildman–Crippen MR) is 85.8 cm³/mol. The van der Waals surface area contributed by atoms with Crippen LogP contribution in [0.3, 0.4) is 0 Å². The number of methoxy groups -OCH3 is 1. The van der Waals surface area contributed by atoms with Gasteiger partial charge in [0.25, 0.3) is 0 Å². The van der Waals surface area contributed by atoms with E-state index in [0.717, 1.165) is 22.6 Å². The molecule has 0 aliphatic carbocycles. The third-order valence-corrected chi connectivity index (χ3v) is 3.75. The van der Waals surface area contributed by atoms with Gasteiger partial charge in [0.1, 0.15) is 5.75 Å². The first-order valence-electron chi connectivity index (χ1n) is 6.74. The quantitative estimate of drug-likeness (QED) is 0.860. The number of nitrogens with zero attached hydrogens (tertiary/aromatic N) is 1. The van der Waals surface area contributed by atoms with Crippen molar-refractivity contribution in [3.63, 3.8) is 0 Å². The van der Waals surface area contributed by atoms with E-state index in [1.807, 2.05) is 30.5 Å². The van der Waals surface area contributed by atoms with E-state index in [9.17, 15) is 4.79 Å². The van der Waals surface area contributed by atoms with Crippen molar-refractivity contribution in [3.8, 4) is 17.0 Å². The molecule has 1 aromatic carbocycles. The number of anilines is 1. The number of ether oxygens (including phenoxy) is 1. The molecule has 5 nitrogen and oxygen atoms in total. The number of carbonyl (C=O) groups is 1. The standard InChI is InChI=1S/C15H19N3O2S/c1-10-5-6-13(20-2)11(8-10)12-9-21-15(17-12)18-14(19)4-3-7-16/h5-6,8-9H,3-4,7,16H2,1-2H3,(H,17,18,19). The minimum Gasteiger partial charge on any atom is -0.496 e. The Bertz CT molecular complexity index is 625. The first-order valence-corrected chi connectivity index (χ1v) is 7.62. The fourth-order valence-electron chi connectivity index (χ4n) is 1.92. The molecule has 0 saturated heterocycles. The van der Waals surface area contributed by atoms with Gasteiger partial charge in [-0.2, -0.15) is 0 Å². The van der Waals surface area contributed by atoms with Crippen LogP contribution in [0.5, 0.6) is 5.75 Å². The van der Waals surface area contributed by atoms with Gasteiger partial charge in [-0.15, -0.1) is 11.3 Å². The average Bonchev–Trinajstić information content (AvgIpc) is 2.93. The van der Waals surface area contributed by atoms with Crippen molar-refractivity contribution in [3.05, 3.63) is 29.1 Å². The van der Waals surface area contributed by atoms with E-state index in [0.29, 0.717) is 24.5 Å². The van der Waals surface area contributed by atoms with Crippen molar-refractivity contribution in [1.82, 2.24) is 4.98 Å². The molecule has 0 radical (unpaired) electrons. The van der Waals surface area contributed by atoms with E-state index in [1.54, 1.807) is 7.11 Å². The Morgan fingerprint density at radius 1 is 1.48 bits per heavy atom. The minimum absolute atomic E-state index is 0.0578. The molecule has 1 amide bonds. The van der Waals surface area contributed by atoms with E-state index < -0.39 is 0 Å². The van der Waals surface area contributed by atoms with Gasteiger partial charge in [-0.1, -0.05) is 11.6 Å². The molecular formula is C15H19N3O2S. The van der Waals surface area contributed by atoms with Crippen molar-refractivity contribution in [2.24, 2.45) is 5.73 Å². The maximum absolute atomic E-state index is 11.7. The van der Waals surface area contributed by atoms with Gasteiger partial charge < -0.3 is 15.8 Å². The summed E-state index contributed by atoms with van der Waals surface area (Å²) >= 11 is 1.40. The van der Waals surface area contributed by atoms with E-state index >= 15 is 0 Å². The van der Waals surface area contributed by atoms with Crippen LogP contribution in [-0.2, 0) is 4.79 Å². The summed E-state index contributed by atoms with van der Waals surface area (Å²) in [5.41, 5.74) is 8.25. The van der Waals surface area contributed by atoms with Gasteiger partial charge in [-0.05, 0) is 32.0 Å². The SMILES string of the molecule is COc1ccc(C)cc1-c1csc(NC(=O)CCCN)n1. The summed E-state index contributed by atoms with van der Waals surface area (Å²) in [6, 6.07) is 5.93. The van der Waals surface area contributed by atoms with Crippen molar-refractivity contribution in [2.75, 3.05) is 19.0 Å². The Balaban J connectivity index is 2.16. The fourth-order valence-corrected chi connectivity index (χ4v) is 2.65. The van der Waals surface area contributed by atoms with Crippen LogP contribution < -0.4 is 15.8 Å². The smallest absolute Gasteiger partial charge is 0.226 e. The van der Waals surface area contributed by atoms with E-state index in [1.165, 1.54) is 11.3 Å². The molecule has 1 aromatic heterocycles. The molecule has 0 spiro atoms. The number of nitrogens with two attached hydrogens (primary N) is 1. The van der Waals surface area contributed by atoms with Crippen LogP contribution in [-0.4, -0.2) is 24.5 Å². The average molecular weight is 305 g/mol. The maximum atomic E-state index is 11.7. The van der Waals surface area contributed by atoms with Crippen LogP contribution in [0.4, 0.5) is 5.13 Å². The highest BCUT2D eigenvalue weighted by Crippen LogP contribution is 2.32. The number of rotatable bonds is 6. The Hall–Kier alpha value is -1.92. The molecule has 2 rings (SSSR count). The van der Waals surface area contributed by atoms with Crippen molar-refractivity contribution < 1.29 is 9.53 Å². The normalized spacial score (nSPS) is 10.4. The third-order valence-electron chi connectivity index (χ3n) is 2.99. The summed E-state index contributed by atoms with van der Waals surface area (Å²) < 4.78 is 5.36. The summed E-state index contributed by atoms with van der Waals surface area (Å²) in [6.45, 7) is 2.53. The number of aromatic nitrogens is 1. The molecule has 6 heteroatoms. The zero-order valence-corrected chi connectivity index (χ0v) is 13.0. The Kier molecular flexibility index (Phi) is 5.30. The molecule has 2 aromatic rings. The lowest BCUT2D eigenvalue weighted by molar-refractivity contribution is -0.116. The fraction of sp³-hybridized carbons (Fsp3) is 0.333. The summed E-state index contributed by atoms with van der Waals surface area (Å²) in [4.78, 5) is 16.1. The van der Waals surface area contributed by atoms with Crippen molar-refractivity contribution >= 4 is 22.4 Å². The first kappa shape index (κ1) is 15.5. The van der Waals surface area contributed by atoms with E-state index in [4.69, 9.17) is 10.5 Å². The number of amides is 1. The molecular weight excluding hydrogens is 286 g/mol. The molecule has 0 atom stereocenters. The van der Waals surface area contributed by atoms with Crippen LogP contribution in [0.15, 0.2) is 23.6 Å². The Labute approximate surface area is 128 Å². The van der Waals surface area contributed by atoms with Gasteiger partial charge in [-0.3, -0.25) is 4.79 Å². The highest BCUT2D eigenvalue weighted by molar-refractivity contribution is 7.14. The maximum Gasteiger partial charge on any atom is 0.226 e. The first-order chi connectivity index (χ1) is 10.1. The molecule has 0 fully saturated rings. The van der Waals surface area contributed by atoms with Crippen LogP contribution in [0.2, 0.25) is 0 Å². The second kappa shape index (κ2) is 7.19. The Morgan fingerprint density at radius 2 is 2.29 bits per heavy atom. The molecule has 0 unspecified atom stereocenters. The largest absolute Gasteiger partial charge is 0.496 e. The second-order valence-electron chi connectivity index (χ2n) is 4.68. The van der Waals surface area contributed by atoms with Gasteiger partial charge in [0, 0.05) is 17.4 Å². The molecule has 3 N–H and O–H groups in total. The zero-order valence-electron chi connectivity index (χ0n) is 12.2. The number of aryl methyl sites for hydroxylation is 1. The minimum atomic E-state index is -0.0578. The molecule has 112 valence electrons. The number of hydrogen-bond donors (Lipinski definition) is 2. The lowest BCUT2D eigenvalue weighted by Gasteiger charge is -2.07. The number of nitrogens with one attached hydrogen (secondary N) is 1. The third kappa shape index (κ3) is 4.03. The lowest BCUT2D eigenvalue weighted by atomic mass is 10.1. The number of thiazole rings is 1. The topological polar surface area (TPSA) is 77.2 Å². The van der Waals surface area contributed by atoms with E-state index in [2.05, 4.69) is 10.3 Å². The van der Waals surface area contributed by atoms with Gasteiger partial charge in [-0.25, -0.2) is 4.98 Å². The van der Waals surface area contributed by atoms with Crippen LogP contribution in [0, 0.1) is 6.92 Å². The summed E-state index contributed by atoms with van der Waals surface area (Å²) in [5.74, 6) is 0.712. The van der Waals surface area contributed by atoms with Crippen molar-refractivity contribution in [1.29, 1.82) is 0 Å². The molecule has 0 bridgehead atoms. The summed E-state index contributed by atoms with van der Waals surface area (Å²) in [6.07, 6.45) is 1.09. The number of hydrogen-bond acceptors (Lipinski definition) is 5. The molecule has 0 saturated carbocycles. The molecule has 1 heterocycles. The second-order valence-corrected chi connectivity index (χ2v) is 5.54. The van der Waals surface area contributed by atoms with Crippen LogP contribution in [0.1, 0.15) is 18.4 Å². The van der Waals surface area contributed by atoms with Gasteiger partial charge >= 0.3 is 0 Å². The molecule has 21 heavy (non-hydrogen) atoms. The van der Waals surface area contributed by atoms with Gasteiger partial charge in [0.2, 0.25) is 5.91 Å². The summed E-state index contributed by atoms with van der Waals surface area (Å²) in [7, 11) is 1.63. The lowest BCUT2D eigenvalue weighted by Crippen LogP contribution is -2.13.